The quantitative estimate of drug-likeness (QED) is 0.169. The van der Waals surface area contributed by atoms with E-state index in [0.29, 0.717) is 0 Å². The minimum atomic E-state index is 1.10. The molecule has 0 bridgehead atoms. The molecule has 0 atom stereocenters. The molecule has 1 aromatic heterocycles. The van der Waals surface area contributed by atoms with E-state index >= 15 is 0 Å². The largest absolute Gasteiger partial charge is 0.311 e. The van der Waals surface area contributed by atoms with Crippen molar-refractivity contribution < 1.29 is 0 Å². The molecule has 0 aliphatic carbocycles. The molecular weight excluding hydrogens is 605 g/mol. The molecule has 0 fully saturated rings. The lowest BCUT2D eigenvalue weighted by Gasteiger charge is -2.26. The van der Waals surface area contributed by atoms with Crippen molar-refractivity contribution in [3.63, 3.8) is 0 Å². The Morgan fingerprint density at radius 2 is 0.640 bits per heavy atom. The zero-order valence-electron chi connectivity index (χ0n) is 27.5. The summed E-state index contributed by atoms with van der Waals surface area (Å²) in [5.41, 5.74) is 14.1. The van der Waals surface area contributed by atoms with Gasteiger partial charge in [-0.2, -0.15) is 0 Å². The highest BCUT2D eigenvalue weighted by Crippen LogP contribution is 2.40. The molecule has 0 unspecified atom stereocenters. The molecule has 0 saturated heterocycles. The van der Waals surface area contributed by atoms with Crippen molar-refractivity contribution >= 4 is 38.9 Å². The van der Waals surface area contributed by atoms with Crippen LogP contribution in [0.4, 0.5) is 17.1 Å². The summed E-state index contributed by atoms with van der Waals surface area (Å²) in [5, 5.41) is 2.53. The van der Waals surface area contributed by atoms with E-state index in [0.717, 1.165) is 17.1 Å². The van der Waals surface area contributed by atoms with Gasteiger partial charge in [0.15, 0.2) is 0 Å². The highest BCUT2D eigenvalue weighted by Gasteiger charge is 2.17. The average Bonchev–Trinajstić information content (AvgIpc) is 3.54. The van der Waals surface area contributed by atoms with Crippen molar-refractivity contribution in [1.82, 2.24) is 4.57 Å². The molecule has 1 heterocycles. The Labute approximate surface area is 292 Å². The topological polar surface area (TPSA) is 8.17 Å². The number of nitrogens with zero attached hydrogens (tertiary/aromatic N) is 2. The fourth-order valence-electron chi connectivity index (χ4n) is 7.20. The summed E-state index contributed by atoms with van der Waals surface area (Å²) in [7, 11) is 0. The molecular formula is C48H34N2. The zero-order chi connectivity index (χ0) is 33.3. The van der Waals surface area contributed by atoms with E-state index in [1.165, 1.54) is 60.9 Å². The SMILES string of the molecule is c1ccc(-c2ccc(N(c3ccc(-c4ccccc4)cc3)c3ccc(-c4ccccc4-n4c5ccccc5c5ccccc54)cc3)cc2)cc1. The zero-order valence-corrected chi connectivity index (χ0v) is 27.5. The van der Waals surface area contributed by atoms with Crippen molar-refractivity contribution in [2.24, 2.45) is 0 Å². The van der Waals surface area contributed by atoms with Crippen LogP contribution in [0.2, 0.25) is 0 Å². The third-order valence-electron chi connectivity index (χ3n) is 9.63. The molecule has 9 rings (SSSR count). The number of hydrogen-bond donors (Lipinski definition) is 0. The van der Waals surface area contributed by atoms with Crippen LogP contribution in [0.5, 0.6) is 0 Å². The van der Waals surface area contributed by atoms with Gasteiger partial charge in [-0.25, -0.2) is 0 Å². The first-order valence-corrected chi connectivity index (χ1v) is 17.1. The number of benzene rings is 8. The third kappa shape index (κ3) is 5.34. The molecule has 0 amide bonds. The van der Waals surface area contributed by atoms with E-state index in [9.17, 15) is 0 Å². The van der Waals surface area contributed by atoms with Crippen LogP contribution in [0.3, 0.4) is 0 Å². The van der Waals surface area contributed by atoms with Crippen molar-refractivity contribution in [1.29, 1.82) is 0 Å². The van der Waals surface area contributed by atoms with E-state index < -0.39 is 0 Å². The van der Waals surface area contributed by atoms with Gasteiger partial charge >= 0.3 is 0 Å². The van der Waals surface area contributed by atoms with Crippen LogP contribution in [-0.2, 0) is 0 Å². The standard InChI is InChI=1S/C48H34N2/c1-3-13-35(14-4-1)37-23-29-40(30-24-37)49(41-31-25-38(26-32-41)36-15-5-2-6-16-36)42-33-27-39(28-34-42)43-17-7-10-20-46(43)50-47-21-11-8-18-44(47)45-19-9-12-22-48(45)50/h1-34H. The first-order chi connectivity index (χ1) is 24.8. The van der Waals surface area contributed by atoms with E-state index in [1.807, 2.05) is 0 Å². The van der Waals surface area contributed by atoms with Crippen LogP contribution in [0, 0.1) is 0 Å². The predicted molar refractivity (Wildman–Crippen MR) is 212 cm³/mol. The van der Waals surface area contributed by atoms with Gasteiger partial charge in [0.1, 0.15) is 0 Å². The predicted octanol–water partition coefficient (Wildman–Crippen LogP) is 13.3. The number of hydrogen-bond acceptors (Lipinski definition) is 1. The molecule has 0 saturated carbocycles. The molecule has 0 N–H and O–H groups in total. The summed E-state index contributed by atoms with van der Waals surface area (Å²) < 4.78 is 2.41. The lowest BCUT2D eigenvalue weighted by molar-refractivity contribution is 1.18. The van der Waals surface area contributed by atoms with E-state index in [2.05, 4.69) is 216 Å². The van der Waals surface area contributed by atoms with Gasteiger partial charge < -0.3 is 9.47 Å². The fourth-order valence-corrected chi connectivity index (χ4v) is 7.20. The van der Waals surface area contributed by atoms with E-state index in [-0.39, 0.29) is 0 Å². The van der Waals surface area contributed by atoms with Gasteiger partial charge in [0, 0.05) is 33.4 Å². The van der Waals surface area contributed by atoms with Gasteiger partial charge in [-0.3, -0.25) is 0 Å². The molecule has 236 valence electrons. The molecule has 0 aliphatic heterocycles. The normalized spacial score (nSPS) is 11.2. The Balaban J connectivity index is 1.13. The second kappa shape index (κ2) is 12.8. The number of para-hydroxylation sites is 3. The van der Waals surface area contributed by atoms with Crippen molar-refractivity contribution in [2.75, 3.05) is 4.90 Å². The molecule has 9 aromatic rings. The molecule has 50 heavy (non-hydrogen) atoms. The number of aromatic nitrogens is 1. The molecule has 0 radical (unpaired) electrons. The van der Waals surface area contributed by atoms with Gasteiger partial charge in [-0.05, 0) is 82.4 Å². The van der Waals surface area contributed by atoms with Crippen LogP contribution < -0.4 is 4.90 Å². The lowest BCUT2D eigenvalue weighted by atomic mass is 10.0. The Morgan fingerprint density at radius 1 is 0.280 bits per heavy atom. The maximum Gasteiger partial charge on any atom is 0.0541 e. The van der Waals surface area contributed by atoms with Crippen LogP contribution in [0.25, 0.3) is 60.9 Å². The molecule has 0 spiro atoms. The highest BCUT2D eigenvalue weighted by molar-refractivity contribution is 6.09. The van der Waals surface area contributed by atoms with E-state index in [1.54, 1.807) is 0 Å². The minimum absolute atomic E-state index is 1.10. The van der Waals surface area contributed by atoms with E-state index in [4.69, 9.17) is 0 Å². The highest BCUT2D eigenvalue weighted by atomic mass is 15.1. The summed E-state index contributed by atoms with van der Waals surface area (Å²) in [4.78, 5) is 2.34. The Kier molecular flexibility index (Phi) is 7.53. The maximum absolute atomic E-state index is 2.41. The van der Waals surface area contributed by atoms with Gasteiger partial charge in [-0.15, -0.1) is 0 Å². The second-order valence-electron chi connectivity index (χ2n) is 12.6. The fraction of sp³-hybridized carbons (Fsp3) is 0. The number of fused-ring (bicyclic) bond motifs is 3. The van der Waals surface area contributed by atoms with Gasteiger partial charge in [0.25, 0.3) is 0 Å². The van der Waals surface area contributed by atoms with Gasteiger partial charge in [0.2, 0.25) is 0 Å². The lowest BCUT2D eigenvalue weighted by Crippen LogP contribution is -2.09. The summed E-state index contributed by atoms with van der Waals surface area (Å²) in [5.74, 6) is 0. The summed E-state index contributed by atoms with van der Waals surface area (Å²) in [6.45, 7) is 0. The summed E-state index contributed by atoms with van der Waals surface area (Å²) >= 11 is 0. The van der Waals surface area contributed by atoms with Crippen LogP contribution in [-0.4, -0.2) is 4.57 Å². The average molecular weight is 639 g/mol. The summed E-state index contributed by atoms with van der Waals surface area (Å²) in [6, 6.07) is 74.0. The minimum Gasteiger partial charge on any atom is -0.311 e. The van der Waals surface area contributed by atoms with Crippen LogP contribution >= 0.6 is 0 Å². The Bertz CT molecular complexity index is 2410. The van der Waals surface area contributed by atoms with Gasteiger partial charge in [0.05, 0.1) is 16.7 Å². The first kappa shape index (κ1) is 29.5. The van der Waals surface area contributed by atoms with Crippen molar-refractivity contribution in [2.45, 2.75) is 0 Å². The van der Waals surface area contributed by atoms with Crippen LogP contribution in [0.1, 0.15) is 0 Å². The molecule has 8 aromatic carbocycles. The summed E-state index contributed by atoms with van der Waals surface area (Å²) in [6.07, 6.45) is 0. The third-order valence-corrected chi connectivity index (χ3v) is 9.63. The van der Waals surface area contributed by atoms with Crippen molar-refractivity contribution in [3.8, 4) is 39.1 Å². The number of rotatable bonds is 7. The first-order valence-electron chi connectivity index (χ1n) is 17.1. The Hall–Kier alpha value is -6.64. The molecule has 2 nitrogen and oxygen atoms in total. The maximum atomic E-state index is 2.41. The van der Waals surface area contributed by atoms with Gasteiger partial charge in [-0.1, -0.05) is 152 Å². The molecule has 2 heteroatoms. The smallest absolute Gasteiger partial charge is 0.0541 e. The van der Waals surface area contributed by atoms with Crippen molar-refractivity contribution in [3.05, 3.63) is 206 Å². The molecule has 0 aliphatic rings. The number of anilines is 3. The second-order valence-corrected chi connectivity index (χ2v) is 12.6. The van der Waals surface area contributed by atoms with Crippen LogP contribution in [0.15, 0.2) is 206 Å². The Morgan fingerprint density at radius 3 is 1.12 bits per heavy atom. The monoisotopic (exact) mass is 638 g/mol.